The highest BCUT2D eigenvalue weighted by molar-refractivity contribution is 7.92. The largest absolute Gasteiger partial charge is 0.451 e. The van der Waals surface area contributed by atoms with Gasteiger partial charge in [-0.15, -0.1) is 0 Å². The fraction of sp³-hybridized carbons (Fsp3) is 0.227. The molecular formula is C22H20F3N3O5S2. The van der Waals surface area contributed by atoms with Crippen molar-refractivity contribution in [1.82, 2.24) is 9.97 Å². The maximum absolute atomic E-state index is 13.5. The molecule has 0 radical (unpaired) electrons. The van der Waals surface area contributed by atoms with Crippen molar-refractivity contribution in [2.45, 2.75) is 23.7 Å². The molecule has 0 aliphatic rings. The number of hydrogen-bond acceptors (Lipinski definition) is 7. The first-order valence-corrected chi connectivity index (χ1v) is 12.9. The van der Waals surface area contributed by atoms with Crippen molar-refractivity contribution in [1.29, 1.82) is 0 Å². The minimum Gasteiger partial charge on any atom is -0.372 e. The SMILES string of the molecule is CNc1nc(C(F)(F)F)nc(-c2ccc(CS(=O)O)cc2)c1-c1ccc(S(=O)(=O)CC(C)=O)cc1. The average Bonchev–Trinajstić information content (AvgIpc) is 2.77. The molecule has 1 aromatic heterocycles. The summed E-state index contributed by atoms with van der Waals surface area (Å²) >= 11 is -2.09. The standard InChI is InChI=1S/C22H20F3N3O5S2/c1-13(29)12-35(32,33)17-9-7-15(8-10-17)18-19(16-5-3-14(4-6-16)11-34(30)31)27-21(22(23,24)25)28-20(18)26-2/h3-10H,11-12H2,1-2H3,(H,30,31)(H,26,27,28). The number of halogens is 3. The van der Waals surface area contributed by atoms with Crippen LogP contribution in [0.2, 0.25) is 0 Å². The van der Waals surface area contributed by atoms with Crippen LogP contribution in [-0.4, -0.2) is 45.7 Å². The highest BCUT2D eigenvalue weighted by Gasteiger charge is 2.36. The molecular weight excluding hydrogens is 507 g/mol. The summed E-state index contributed by atoms with van der Waals surface area (Å²) in [6.07, 6.45) is -4.84. The molecule has 0 bridgehead atoms. The van der Waals surface area contributed by atoms with Gasteiger partial charge in [0.15, 0.2) is 20.9 Å². The molecule has 3 rings (SSSR count). The molecule has 1 unspecified atom stereocenters. The number of carbonyl (C=O) groups excluding carboxylic acids is 1. The van der Waals surface area contributed by atoms with Crippen molar-refractivity contribution in [3.63, 3.8) is 0 Å². The van der Waals surface area contributed by atoms with E-state index < -0.39 is 44.5 Å². The van der Waals surface area contributed by atoms with E-state index in [-0.39, 0.29) is 33.3 Å². The molecule has 0 saturated heterocycles. The predicted octanol–water partition coefficient (Wildman–Crippen LogP) is 3.96. The smallest absolute Gasteiger partial charge is 0.372 e. The van der Waals surface area contributed by atoms with Gasteiger partial charge in [-0.2, -0.15) is 13.2 Å². The first kappa shape index (κ1) is 26.4. The Bertz CT molecular complexity index is 1380. The molecule has 35 heavy (non-hydrogen) atoms. The van der Waals surface area contributed by atoms with Crippen molar-refractivity contribution < 1.29 is 35.1 Å². The number of sulfone groups is 1. The summed E-state index contributed by atoms with van der Waals surface area (Å²) in [7, 11) is -2.48. The van der Waals surface area contributed by atoms with E-state index in [1.165, 1.54) is 55.6 Å². The lowest BCUT2D eigenvalue weighted by molar-refractivity contribution is -0.144. The molecule has 0 amide bonds. The topological polar surface area (TPSA) is 126 Å². The van der Waals surface area contributed by atoms with E-state index in [2.05, 4.69) is 15.3 Å². The number of nitrogens with one attached hydrogen (secondary N) is 1. The summed E-state index contributed by atoms with van der Waals surface area (Å²) in [5.41, 5.74) is 1.22. The lowest BCUT2D eigenvalue weighted by atomic mass is 9.98. The fourth-order valence-electron chi connectivity index (χ4n) is 3.33. The molecule has 2 N–H and O–H groups in total. The lowest BCUT2D eigenvalue weighted by Crippen LogP contribution is -2.15. The van der Waals surface area contributed by atoms with Gasteiger partial charge in [-0.3, -0.25) is 4.79 Å². The van der Waals surface area contributed by atoms with E-state index in [9.17, 15) is 30.6 Å². The van der Waals surface area contributed by atoms with Crippen LogP contribution < -0.4 is 5.32 Å². The van der Waals surface area contributed by atoms with Crippen molar-refractivity contribution in [2.75, 3.05) is 18.1 Å². The van der Waals surface area contributed by atoms with Crippen LogP contribution in [0.3, 0.4) is 0 Å². The molecule has 1 heterocycles. The van der Waals surface area contributed by atoms with E-state index in [0.29, 0.717) is 11.1 Å². The molecule has 8 nitrogen and oxygen atoms in total. The van der Waals surface area contributed by atoms with Gasteiger partial charge in [-0.05, 0) is 30.2 Å². The third kappa shape index (κ3) is 6.29. The van der Waals surface area contributed by atoms with Crippen molar-refractivity contribution >= 4 is 32.5 Å². The van der Waals surface area contributed by atoms with Gasteiger partial charge < -0.3 is 9.87 Å². The summed E-state index contributed by atoms with van der Waals surface area (Å²) in [4.78, 5) is 18.5. The summed E-state index contributed by atoms with van der Waals surface area (Å²) < 4.78 is 85.4. The summed E-state index contributed by atoms with van der Waals surface area (Å²) in [6.45, 7) is 1.15. The van der Waals surface area contributed by atoms with Crippen LogP contribution in [0.25, 0.3) is 22.4 Å². The van der Waals surface area contributed by atoms with Gasteiger partial charge in [0.05, 0.1) is 21.9 Å². The van der Waals surface area contributed by atoms with Crippen LogP contribution in [0.1, 0.15) is 18.3 Å². The van der Waals surface area contributed by atoms with Gasteiger partial charge in [0.25, 0.3) is 0 Å². The maximum atomic E-state index is 13.5. The average molecular weight is 528 g/mol. The third-order valence-corrected chi connectivity index (χ3v) is 7.17. The van der Waals surface area contributed by atoms with Crippen LogP contribution in [0, 0.1) is 0 Å². The molecule has 1 atom stereocenters. The Kier molecular flexibility index (Phi) is 7.72. The molecule has 0 spiro atoms. The Morgan fingerprint density at radius 2 is 1.60 bits per heavy atom. The number of ketones is 1. The zero-order valence-corrected chi connectivity index (χ0v) is 20.1. The Morgan fingerprint density at radius 1 is 1.03 bits per heavy atom. The Morgan fingerprint density at radius 3 is 2.09 bits per heavy atom. The fourth-order valence-corrected chi connectivity index (χ4v) is 5.06. The number of Topliss-reactive ketones (excluding diaryl/α,β-unsaturated/α-hetero) is 1. The number of nitrogens with zero attached hydrogens (tertiary/aromatic N) is 2. The molecule has 0 fully saturated rings. The Labute approximate surface area is 201 Å². The summed E-state index contributed by atoms with van der Waals surface area (Å²) in [5, 5.41) is 2.64. The normalized spacial score (nSPS) is 12.9. The Balaban J connectivity index is 2.20. The van der Waals surface area contributed by atoms with E-state index in [4.69, 9.17) is 4.55 Å². The molecule has 3 aromatic rings. The Hall–Kier alpha value is -3.16. The number of alkyl halides is 3. The zero-order chi connectivity index (χ0) is 26.0. The molecule has 0 aliphatic carbocycles. The number of anilines is 1. The van der Waals surface area contributed by atoms with Crippen LogP contribution in [-0.2, 0) is 37.6 Å². The number of hydrogen-bond donors (Lipinski definition) is 2. The molecule has 2 aromatic carbocycles. The van der Waals surface area contributed by atoms with E-state index in [1.54, 1.807) is 0 Å². The second kappa shape index (κ2) is 10.2. The molecule has 186 valence electrons. The first-order chi connectivity index (χ1) is 16.3. The van der Waals surface area contributed by atoms with Crippen molar-refractivity contribution in [3.05, 3.63) is 59.9 Å². The summed E-state index contributed by atoms with van der Waals surface area (Å²) in [5.74, 6) is -2.86. The monoisotopic (exact) mass is 527 g/mol. The van der Waals surface area contributed by atoms with Gasteiger partial charge >= 0.3 is 6.18 Å². The third-order valence-electron chi connectivity index (χ3n) is 4.81. The minimum atomic E-state index is -4.84. The van der Waals surface area contributed by atoms with E-state index >= 15 is 0 Å². The quantitative estimate of drug-likeness (QED) is 0.422. The van der Waals surface area contributed by atoms with Gasteiger partial charge in [0.2, 0.25) is 5.82 Å². The van der Waals surface area contributed by atoms with Crippen LogP contribution in [0.4, 0.5) is 19.0 Å². The zero-order valence-electron chi connectivity index (χ0n) is 18.5. The second-order valence-electron chi connectivity index (χ2n) is 7.52. The highest BCUT2D eigenvalue weighted by atomic mass is 32.2. The number of aromatic nitrogens is 2. The first-order valence-electron chi connectivity index (χ1n) is 9.98. The number of benzene rings is 2. The molecule has 0 saturated carbocycles. The summed E-state index contributed by atoms with van der Waals surface area (Å²) in [6, 6.07) is 11.2. The predicted molar refractivity (Wildman–Crippen MR) is 125 cm³/mol. The van der Waals surface area contributed by atoms with Crippen LogP contribution >= 0.6 is 0 Å². The van der Waals surface area contributed by atoms with Gasteiger partial charge in [0.1, 0.15) is 17.4 Å². The van der Waals surface area contributed by atoms with Gasteiger partial charge in [-0.25, -0.2) is 22.6 Å². The van der Waals surface area contributed by atoms with Crippen LogP contribution in [0.5, 0.6) is 0 Å². The molecule has 0 aliphatic heterocycles. The highest BCUT2D eigenvalue weighted by Crippen LogP contribution is 2.39. The number of rotatable bonds is 8. The van der Waals surface area contributed by atoms with E-state index in [0.717, 1.165) is 6.92 Å². The molecule has 13 heteroatoms. The minimum absolute atomic E-state index is 0.0762. The lowest BCUT2D eigenvalue weighted by Gasteiger charge is -2.17. The maximum Gasteiger partial charge on any atom is 0.451 e. The second-order valence-corrected chi connectivity index (χ2v) is 10.4. The number of carbonyl (C=O) groups is 1. The van der Waals surface area contributed by atoms with E-state index in [1.807, 2.05) is 0 Å². The van der Waals surface area contributed by atoms with Gasteiger partial charge in [-0.1, -0.05) is 36.4 Å². The van der Waals surface area contributed by atoms with Crippen LogP contribution in [0.15, 0.2) is 53.4 Å². The van der Waals surface area contributed by atoms with Gasteiger partial charge in [0, 0.05) is 12.6 Å². The van der Waals surface area contributed by atoms with Crippen molar-refractivity contribution in [2.24, 2.45) is 0 Å². The van der Waals surface area contributed by atoms with Crippen molar-refractivity contribution in [3.8, 4) is 22.4 Å².